The number of thiophene rings is 1. The van der Waals surface area contributed by atoms with Crippen LogP contribution in [0, 0.1) is 5.92 Å². The first kappa shape index (κ1) is 14.4. The van der Waals surface area contributed by atoms with E-state index in [0.717, 1.165) is 11.3 Å². The number of carboxylic acids is 1. The maximum Gasteiger partial charge on any atom is 0.345 e. The highest BCUT2D eigenvalue weighted by Crippen LogP contribution is 2.28. The molecule has 0 radical (unpaired) electrons. The van der Waals surface area contributed by atoms with E-state index in [-0.39, 0.29) is 21.6 Å². The van der Waals surface area contributed by atoms with E-state index in [1.165, 1.54) is 16.4 Å². The number of aliphatic hydroxyl groups excluding tert-OH is 1. The Labute approximate surface area is 115 Å². The molecule has 1 aromatic rings. The lowest BCUT2D eigenvalue weighted by Gasteiger charge is -2.29. The van der Waals surface area contributed by atoms with Crippen LogP contribution < -0.4 is 0 Å². The van der Waals surface area contributed by atoms with Gasteiger partial charge in [0.05, 0.1) is 0 Å². The predicted octanol–water partition coefficient (Wildman–Crippen LogP) is 0.839. The summed E-state index contributed by atoms with van der Waals surface area (Å²) < 4.78 is 26.0. The number of nitrogens with zero attached hydrogens (tertiary/aromatic N) is 1. The maximum atomic E-state index is 12.3. The average Bonchev–Trinajstić information content (AvgIpc) is 2.89. The van der Waals surface area contributed by atoms with E-state index in [9.17, 15) is 13.2 Å². The van der Waals surface area contributed by atoms with Gasteiger partial charge in [0.1, 0.15) is 9.09 Å². The summed E-state index contributed by atoms with van der Waals surface area (Å²) in [5, 5.41) is 17.8. The molecule has 0 spiro atoms. The third-order valence-corrected chi connectivity index (χ3v) is 6.66. The summed E-state index contributed by atoms with van der Waals surface area (Å²) in [6.45, 7) is 0.817. The summed E-state index contributed by atoms with van der Waals surface area (Å²) in [4.78, 5) is 10.8. The lowest BCUT2D eigenvalue weighted by atomic mass is 10.00. The fourth-order valence-electron chi connectivity index (χ4n) is 2.03. The van der Waals surface area contributed by atoms with Crippen LogP contribution in [-0.2, 0) is 10.0 Å². The van der Waals surface area contributed by atoms with Gasteiger partial charge in [0.2, 0.25) is 0 Å². The van der Waals surface area contributed by atoms with Crippen LogP contribution in [0.2, 0.25) is 0 Å². The Morgan fingerprint density at radius 3 is 2.47 bits per heavy atom. The van der Waals surface area contributed by atoms with E-state index in [2.05, 4.69) is 0 Å². The molecule has 0 unspecified atom stereocenters. The molecular formula is C11H15NO5S2. The maximum absolute atomic E-state index is 12.3. The number of piperidine rings is 1. The Balaban J connectivity index is 2.16. The molecule has 0 bridgehead atoms. The molecule has 1 fully saturated rings. The van der Waals surface area contributed by atoms with Crippen LogP contribution in [0.4, 0.5) is 0 Å². The quantitative estimate of drug-likeness (QED) is 0.859. The number of carboxylic acid groups (broad SMARTS) is 1. The van der Waals surface area contributed by atoms with Crippen molar-refractivity contribution in [1.82, 2.24) is 4.31 Å². The number of hydrogen-bond donors (Lipinski definition) is 2. The number of aromatic carboxylic acids is 1. The van der Waals surface area contributed by atoms with Crippen LogP contribution in [0.3, 0.4) is 0 Å². The highest BCUT2D eigenvalue weighted by Gasteiger charge is 2.30. The lowest BCUT2D eigenvalue weighted by Crippen LogP contribution is -2.38. The molecule has 0 aromatic carbocycles. The van der Waals surface area contributed by atoms with Crippen molar-refractivity contribution in [2.45, 2.75) is 17.1 Å². The van der Waals surface area contributed by atoms with Crippen molar-refractivity contribution in [2.24, 2.45) is 5.92 Å². The van der Waals surface area contributed by atoms with Crippen LogP contribution in [0.5, 0.6) is 0 Å². The third-order valence-electron chi connectivity index (χ3n) is 3.22. The monoisotopic (exact) mass is 305 g/mol. The van der Waals surface area contributed by atoms with Gasteiger partial charge in [0.25, 0.3) is 10.0 Å². The molecule has 19 heavy (non-hydrogen) atoms. The van der Waals surface area contributed by atoms with Crippen LogP contribution in [-0.4, -0.2) is 48.6 Å². The van der Waals surface area contributed by atoms with Crippen molar-refractivity contribution >= 4 is 27.3 Å². The van der Waals surface area contributed by atoms with Crippen molar-refractivity contribution in [3.8, 4) is 0 Å². The normalized spacial score (nSPS) is 18.6. The first-order valence-corrected chi connectivity index (χ1v) is 8.15. The first-order valence-electron chi connectivity index (χ1n) is 5.89. The first-order chi connectivity index (χ1) is 8.95. The van der Waals surface area contributed by atoms with Gasteiger partial charge in [-0.15, -0.1) is 11.3 Å². The molecule has 1 saturated heterocycles. The second-order valence-electron chi connectivity index (χ2n) is 4.45. The van der Waals surface area contributed by atoms with Crippen molar-refractivity contribution < 1.29 is 23.4 Å². The van der Waals surface area contributed by atoms with Gasteiger partial charge in [-0.3, -0.25) is 0 Å². The predicted molar refractivity (Wildman–Crippen MR) is 69.8 cm³/mol. The summed E-state index contributed by atoms with van der Waals surface area (Å²) in [6.07, 6.45) is 1.26. The molecule has 0 amide bonds. The smallest absolute Gasteiger partial charge is 0.345 e. The van der Waals surface area contributed by atoms with E-state index < -0.39 is 16.0 Å². The highest BCUT2D eigenvalue weighted by molar-refractivity contribution is 7.91. The largest absolute Gasteiger partial charge is 0.477 e. The van der Waals surface area contributed by atoms with E-state index >= 15 is 0 Å². The number of sulfonamides is 1. The summed E-state index contributed by atoms with van der Waals surface area (Å²) in [6, 6.07) is 2.64. The zero-order chi connectivity index (χ0) is 14.0. The molecule has 1 aliphatic rings. The summed E-state index contributed by atoms with van der Waals surface area (Å²) >= 11 is 0.770. The Morgan fingerprint density at radius 2 is 2.00 bits per heavy atom. The summed E-state index contributed by atoms with van der Waals surface area (Å²) in [5.74, 6) is -0.963. The van der Waals surface area contributed by atoms with Gasteiger partial charge >= 0.3 is 5.97 Å². The molecule has 1 aliphatic heterocycles. The minimum absolute atomic E-state index is 0.0174. The molecule has 106 valence electrons. The van der Waals surface area contributed by atoms with E-state index in [1.807, 2.05) is 0 Å². The van der Waals surface area contributed by atoms with Crippen LogP contribution in [0.25, 0.3) is 0 Å². The topological polar surface area (TPSA) is 94.9 Å². The zero-order valence-electron chi connectivity index (χ0n) is 10.2. The number of hydrogen-bond acceptors (Lipinski definition) is 5. The molecule has 8 heteroatoms. The van der Waals surface area contributed by atoms with E-state index in [0.29, 0.717) is 25.9 Å². The van der Waals surface area contributed by atoms with Gasteiger partial charge < -0.3 is 10.2 Å². The van der Waals surface area contributed by atoms with E-state index in [4.69, 9.17) is 10.2 Å². The van der Waals surface area contributed by atoms with Gasteiger partial charge in [0.15, 0.2) is 0 Å². The van der Waals surface area contributed by atoms with Gasteiger partial charge in [-0.2, -0.15) is 4.31 Å². The standard InChI is InChI=1S/C11H15NO5S2/c13-7-8-3-5-12(6-4-8)19(16,17)10-2-1-9(18-10)11(14)15/h1-2,8,13H,3-7H2,(H,14,15). The van der Waals surface area contributed by atoms with Crippen molar-refractivity contribution in [3.63, 3.8) is 0 Å². The van der Waals surface area contributed by atoms with Gasteiger partial charge in [0, 0.05) is 19.7 Å². The fourth-order valence-corrected chi connectivity index (χ4v) is 4.80. The molecule has 6 nitrogen and oxygen atoms in total. The molecule has 2 heterocycles. The Kier molecular flexibility index (Phi) is 4.24. The number of carbonyl (C=O) groups is 1. The second-order valence-corrected chi connectivity index (χ2v) is 7.70. The molecule has 2 rings (SSSR count). The lowest BCUT2D eigenvalue weighted by molar-refractivity contribution is 0.0702. The molecule has 0 aliphatic carbocycles. The molecular weight excluding hydrogens is 290 g/mol. The average molecular weight is 305 g/mol. The second kappa shape index (κ2) is 5.58. The van der Waals surface area contributed by atoms with Gasteiger partial charge in [-0.1, -0.05) is 0 Å². The van der Waals surface area contributed by atoms with Crippen LogP contribution >= 0.6 is 11.3 Å². The molecule has 0 atom stereocenters. The SMILES string of the molecule is O=C(O)c1ccc(S(=O)(=O)N2CCC(CO)CC2)s1. The van der Waals surface area contributed by atoms with Gasteiger partial charge in [-0.25, -0.2) is 13.2 Å². The fraction of sp³-hybridized carbons (Fsp3) is 0.545. The molecule has 1 aromatic heterocycles. The highest BCUT2D eigenvalue weighted by atomic mass is 32.2. The van der Waals surface area contributed by atoms with Crippen molar-refractivity contribution in [1.29, 1.82) is 0 Å². The van der Waals surface area contributed by atoms with E-state index in [1.54, 1.807) is 0 Å². The Bertz CT molecular complexity index is 557. The summed E-state index contributed by atoms with van der Waals surface area (Å²) in [5.41, 5.74) is 0. The van der Waals surface area contributed by atoms with Crippen LogP contribution in [0.1, 0.15) is 22.5 Å². The summed E-state index contributed by atoms with van der Waals surface area (Å²) in [7, 11) is -3.60. The number of rotatable bonds is 4. The van der Waals surface area contributed by atoms with Crippen molar-refractivity contribution in [3.05, 3.63) is 17.0 Å². The third kappa shape index (κ3) is 2.97. The Morgan fingerprint density at radius 1 is 1.37 bits per heavy atom. The van der Waals surface area contributed by atoms with Gasteiger partial charge in [-0.05, 0) is 30.9 Å². The zero-order valence-corrected chi connectivity index (χ0v) is 11.8. The molecule has 2 N–H and O–H groups in total. The Hall–Kier alpha value is -0.960. The minimum Gasteiger partial charge on any atom is -0.477 e. The number of aliphatic hydroxyl groups is 1. The van der Waals surface area contributed by atoms with Crippen molar-refractivity contribution in [2.75, 3.05) is 19.7 Å². The van der Waals surface area contributed by atoms with Crippen LogP contribution in [0.15, 0.2) is 16.3 Å². The minimum atomic E-state index is -3.60. The molecule has 0 saturated carbocycles.